The predicted octanol–water partition coefficient (Wildman–Crippen LogP) is 3.71. The van der Waals surface area contributed by atoms with Crippen molar-refractivity contribution in [1.29, 1.82) is 0 Å². The number of hydrogen-bond donors (Lipinski definition) is 2. The second-order valence-corrected chi connectivity index (χ2v) is 7.42. The predicted molar refractivity (Wildman–Crippen MR) is 111 cm³/mol. The van der Waals surface area contributed by atoms with Crippen LogP contribution in [0.5, 0.6) is 5.75 Å². The third-order valence-electron chi connectivity index (χ3n) is 3.72. The van der Waals surface area contributed by atoms with Crippen molar-refractivity contribution in [3.05, 3.63) is 40.4 Å². The van der Waals surface area contributed by atoms with E-state index in [1.807, 2.05) is 37.4 Å². The number of aryl methyl sites for hydroxylation is 1. The van der Waals surface area contributed by atoms with Gasteiger partial charge in [0.25, 0.3) is 0 Å². The van der Waals surface area contributed by atoms with Crippen molar-refractivity contribution in [2.24, 2.45) is 4.99 Å². The zero-order valence-electron chi connectivity index (χ0n) is 16.9. The Hall–Kier alpha value is -2.49. The molecule has 2 aromatic rings. The minimum atomic E-state index is -4.39. The summed E-state index contributed by atoms with van der Waals surface area (Å²) in [5, 5.41) is 9.19. The fourth-order valence-electron chi connectivity index (χ4n) is 2.35. The number of aliphatic imine (C=N–C) groups is 1. The molecule has 6 nitrogen and oxygen atoms in total. The number of alkyl halides is 3. The number of hydrogen-bond acceptors (Lipinski definition) is 5. The Morgan fingerprint density at radius 1 is 1.28 bits per heavy atom. The highest BCUT2D eigenvalue weighted by Gasteiger charge is 2.28. The summed E-state index contributed by atoms with van der Waals surface area (Å²) >= 11 is 1.55. The zero-order valence-corrected chi connectivity index (χ0v) is 17.7. The number of benzene rings is 1. The number of nitrogens with zero attached hydrogens (tertiary/aromatic N) is 3. The molecular formula is C19H26F3N5OS. The fraction of sp³-hybridized carbons (Fsp3) is 0.474. The van der Waals surface area contributed by atoms with Gasteiger partial charge in [-0.15, -0.1) is 11.3 Å². The lowest BCUT2D eigenvalue weighted by Gasteiger charge is -2.14. The minimum Gasteiger partial charge on any atom is -0.484 e. The van der Waals surface area contributed by atoms with Crippen LogP contribution in [0.4, 0.5) is 18.3 Å². The lowest BCUT2D eigenvalue weighted by molar-refractivity contribution is -0.153. The van der Waals surface area contributed by atoms with Gasteiger partial charge in [0.1, 0.15) is 5.75 Å². The van der Waals surface area contributed by atoms with Gasteiger partial charge < -0.3 is 20.3 Å². The molecule has 0 aliphatic heterocycles. The standard InChI is InChI=1S/C19H26F3N5OS/c1-5-23-17(25-10-15-11-29-18(26-15)27(3)4)24-9-14-7-6-13(2)8-16(14)28-12-19(20,21)22/h6-8,11H,5,9-10,12H2,1-4H3,(H2,23,24,25). The van der Waals surface area contributed by atoms with Gasteiger partial charge in [0.05, 0.1) is 18.8 Å². The molecule has 0 atom stereocenters. The van der Waals surface area contributed by atoms with E-state index in [0.717, 1.165) is 16.4 Å². The van der Waals surface area contributed by atoms with Crippen molar-refractivity contribution < 1.29 is 17.9 Å². The first kappa shape index (κ1) is 22.8. The van der Waals surface area contributed by atoms with Crippen LogP contribution in [0.2, 0.25) is 0 Å². The van der Waals surface area contributed by atoms with Crippen molar-refractivity contribution >= 4 is 22.4 Å². The number of anilines is 1. The molecule has 29 heavy (non-hydrogen) atoms. The van der Waals surface area contributed by atoms with E-state index in [0.29, 0.717) is 24.6 Å². The average molecular weight is 430 g/mol. The summed E-state index contributed by atoms with van der Waals surface area (Å²) in [6, 6.07) is 5.15. The number of ether oxygens (including phenoxy) is 1. The van der Waals surface area contributed by atoms with Crippen LogP contribution in [0.3, 0.4) is 0 Å². The summed E-state index contributed by atoms with van der Waals surface area (Å²) in [7, 11) is 3.86. The molecule has 0 spiro atoms. The molecule has 0 saturated carbocycles. The number of guanidine groups is 1. The third-order valence-corrected chi connectivity index (χ3v) is 4.78. The molecule has 1 heterocycles. The lowest BCUT2D eigenvalue weighted by Crippen LogP contribution is -2.36. The Labute approximate surface area is 172 Å². The average Bonchev–Trinajstić information content (AvgIpc) is 3.12. The Morgan fingerprint density at radius 3 is 2.66 bits per heavy atom. The Bertz CT molecular complexity index is 820. The molecule has 0 radical (unpaired) electrons. The van der Waals surface area contributed by atoms with Gasteiger partial charge >= 0.3 is 6.18 Å². The number of thiazole rings is 1. The smallest absolute Gasteiger partial charge is 0.422 e. The van der Waals surface area contributed by atoms with Crippen molar-refractivity contribution in [1.82, 2.24) is 15.6 Å². The second-order valence-electron chi connectivity index (χ2n) is 6.58. The maximum absolute atomic E-state index is 12.5. The van der Waals surface area contributed by atoms with Gasteiger partial charge in [0.15, 0.2) is 17.7 Å². The molecule has 0 saturated heterocycles. The summed E-state index contributed by atoms with van der Waals surface area (Å²) in [5.74, 6) is 0.742. The van der Waals surface area contributed by atoms with Crippen LogP contribution in [-0.4, -0.2) is 44.4 Å². The maximum atomic E-state index is 12.5. The second kappa shape index (κ2) is 10.3. The Kier molecular flexibility index (Phi) is 8.12. The van der Waals surface area contributed by atoms with Gasteiger partial charge in [-0.25, -0.2) is 9.98 Å². The maximum Gasteiger partial charge on any atom is 0.422 e. The highest BCUT2D eigenvalue weighted by atomic mass is 32.1. The van der Waals surface area contributed by atoms with Crippen LogP contribution >= 0.6 is 11.3 Å². The van der Waals surface area contributed by atoms with Gasteiger partial charge in [0.2, 0.25) is 0 Å². The minimum absolute atomic E-state index is 0.183. The van der Waals surface area contributed by atoms with Crippen molar-refractivity contribution in [3.63, 3.8) is 0 Å². The molecule has 0 amide bonds. The lowest BCUT2D eigenvalue weighted by atomic mass is 10.1. The highest BCUT2D eigenvalue weighted by Crippen LogP contribution is 2.24. The first-order valence-electron chi connectivity index (χ1n) is 9.11. The summed E-state index contributed by atoms with van der Waals surface area (Å²) in [5.41, 5.74) is 2.29. The monoisotopic (exact) mass is 429 g/mol. The molecule has 1 aromatic heterocycles. The van der Waals surface area contributed by atoms with Gasteiger partial charge in [-0.2, -0.15) is 13.2 Å². The number of nitrogens with one attached hydrogen (secondary N) is 2. The fourth-order valence-corrected chi connectivity index (χ4v) is 3.11. The molecule has 2 rings (SSSR count). The van der Waals surface area contributed by atoms with Crippen LogP contribution in [0.1, 0.15) is 23.7 Å². The van der Waals surface area contributed by atoms with Crippen LogP contribution in [-0.2, 0) is 13.1 Å². The van der Waals surface area contributed by atoms with E-state index in [9.17, 15) is 13.2 Å². The van der Waals surface area contributed by atoms with Crippen molar-refractivity contribution in [2.45, 2.75) is 33.1 Å². The van der Waals surface area contributed by atoms with E-state index in [1.165, 1.54) is 0 Å². The van der Waals surface area contributed by atoms with Crippen molar-refractivity contribution in [3.8, 4) is 5.75 Å². The summed E-state index contributed by atoms with van der Waals surface area (Å²) < 4.78 is 42.5. The van der Waals surface area contributed by atoms with Crippen LogP contribution in [0.15, 0.2) is 28.6 Å². The SMILES string of the molecule is CCNC(=NCc1ccc(C)cc1OCC(F)(F)F)NCc1csc(N(C)C)n1. The molecule has 0 aliphatic rings. The number of rotatable bonds is 8. The van der Waals surface area contributed by atoms with Gasteiger partial charge in [0, 0.05) is 31.6 Å². The molecule has 0 fully saturated rings. The molecule has 0 aliphatic carbocycles. The zero-order chi connectivity index (χ0) is 21.4. The molecule has 0 unspecified atom stereocenters. The molecule has 1 aromatic carbocycles. The van der Waals surface area contributed by atoms with E-state index < -0.39 is 12.8 Å². The normalized spacial score (nSPS) is 12.0. The highest BCUT2D eigenvalue weighted by molar-refractivity contribution is 7.13. The van der Waals surface area contributed by atoms with Gasteiger partial charge in [-0.05, 0) is 25.5 Å². The van der Waals surface area contributed by atoms with E-state index in [-0.39, 0.29) is 12.3 Å². The molecular weight excluding hydrogens is 403 g/mol. The van der Waals surface area contributed by atoms with Gasteiger partial charge in [-0.1, -0.05) is 12.1 Å². The van der Waals surface area contributed by atoms with Gasteiger partial charge in [-0.3, -0.25) is 0 Å². The van der Waals surface area contributed by atoms with Crippen LogP contribution < -0.4 is 20.3 Å². The van der Waals surface area contributed by atoms with Crippen LogP contribution in [0.25, 0.3) is 0 Å². The van der Waals surface area contributed by atoms with E-state index in [4.69, 9.17) is 4.74 Å². The first-order chi connectivity index (χ1) is 13.7. The van der Waals surface area contributed by atoms with E-state index >= 15 is 0 Å². The summed E-state index contributed by atoms with van der Waals surface area (Å²) in [6.45, 7) is 3.73. The number of aromatic nitrogens is 1. The Morgan fingerprint density at radius 2 is 2.03 bits per heavy atom. The van der Waals surface area contributed by atoms with Crippen molar-refractivity contribution in [2.75, 3.05) is 32.1 Å². The summed E-state index contributed by atoms with van der Waals surface area (Å²) in [6.07, 6.45) is -4.39. The molecule has 160 valence electrons. The molecule has 10 heteroatoms. The topological polar surface area (TPSA) is 61.8 Å². The third kappa shape index (κ3) is 7.80. The van der Waals surface area contributed by atoms with Crippen LogP contribution in [0, 0.1) is 6.92 Å². The Balaban J connectivity index is 2.06. The molecule has 2 N–H and O–H groups in total. The quantitative estimate of drug-likeness (QED) is 0.495. The summed E-state index contributed by atoms with van der Waals surface area (Å²) in [4.78, 5) is 10.9. The van der Waals surface area contributed by atoms with E-state index in [1.54, 1.807) is 30.4 Å². The van der Waals surface area contributed by atoms with E-state index in [2.05, 4.69) is 20.6 Å². The first-order valence-corrected chi connectivity index (χ1v) is 9.99. The largest absolute Gasteiger partial charge is 0.484 e. The molecule has 0 bridgehead atoms. The number of halogens is 3.